The van der Waals surface area contributed by atoms with Crippen LogP contribution in [-0.4, -0.2) is 6.04 Å². The lowest BCUT2D eigenvalue weighted by Gasteiger charge is -2.20. The Morgan fingerprint density at radius 2 is 2.00 bits per heavy atom. The van der Waals surface area contributed by atoms with E-state index in [4.69, 9.17) is 5.73 Å². The fraction of sp³-hybridized carbons (Fsp3) is 0.333. The first-order valence-electron chi connectivity index (χ1n) is 7.13. The molecule has 0 amide bonds. The van der Waals surface area contributed by atoms with E-state index in [-0.39, 0.29) is 6.04 Å². The van der Waals surface area contributed by atoms with E-state index < -0.39 is 0 Å². The summed E-state index contributed by atoms with van der Waals surface area (Å²) in [4.78, 5) is 0. The highest BCUT2D eigenvalue weighted by molar-refractivity contribution is 5.36. The van der Waals surface area contributed by atoms with E-state index in [1.165, 1.54) is 35.1 Å². The van der Waals surface area contributed by atoms with Gasteiger partial charge in [0.15, 0.2) is 0 Å². The maximum absolute atomic E-state index is 6.48. The standard InChI is InChI=1S/C18H21N/c1-13-5-4-6-14(11-13)12-18(19)17-10-9-15-7-2-3-8-16(15)17/h2-8,11,17-18H,9-10,12,19H2,1H3. The molecule has 98 valence electrons. The molecule has 2 unspecified atom stereocenters. The van der Waals surface area contributed by atoms with E-state index in [9.17, 15) is 0 Å². The third-order valence-corrected chi connectivity index (χ3v) is 4.25. The number of benzene rings is 2. The number of hydrogen-bond donors (Lipinski definition) is 1. The summed E-state index contributed by atoms with van der Waals surface area (Å²) in [5.41, 5.74) is 12.1. The first kappa shape index (κ1) is 12.4. The highest BCUT2D eigenvalue weighted by atomic mass is 14.7. The Bertz CT molecular complexity index is 573. The largest absolute Gasteiger partial charge is 0.327 e. The van der Waals surface area contributed by atoms with E-state index in [0.717, 1.165) is 6.42 Å². The molecule has 2 aromatic carbocycles. The van der Waals surface area contributed by atoms with E-state index in [2.05, 4.69) is 55.5 Å². The van der Waals surface area contributed by atoms with E-state index in [0.29, 0.717) is 5.92 Å². The van der Waals surface area contributed by atoms with Crippen LogP contribution in [0.15, 0.2) is 48.5 Å². The molecule has 1 nitrogen and oxygen atoms in total. The van der Waals surface area contributed by atoms with Crippen LogP contribution in [0.4, 0.5) is 0 Å². The molecule has 19 heavy (non-hydrogen) atoms. The van der Waals surface area contributed by atoms with Crippen LogP contribution >= 0.6 is 0 Å². The molecular weight excluding hydrogens is 230 g/mol. The van der Waals surface area contributed by atoms with Gasteiger partial charge < -0.3 is 5.73 Å². The van der Waals surface area contributed by atoms with E-state index in [1.54, 1.807) is 0 Å². The predicted molar refractivity (Wildman–Crippen MR) is 80.4 cm³/mol. The minimum absolute atomic E-state index is 0.227. The van der Waals surface area contributed by atoms with Gasteiger partial charge >= 0.3 is 0 Å². The second-order valence-electron chi connectivity index (χ2n) is 5.70. The Morgan fingerprint density at radius 1 is 1.16 bits per heavy atom. The van der Waals surface area contributed by atoms with Gasteiger partial charge in [0.1, 0.15) is 0 Å². The first-order valence-corrected chi connectivity index (χ1v) is 7.13. The zero-order chi connectivity index (χ0) is 13.2. The monoisotopic (exact) mass is 251 g/mol. The van der Waals surface area contributed by atoms with Crippen molar-refractivity contribution in [2.75, 3.05) is 0 Å². The smallest absolute Gasteiger partial charge is 0.0149 e. The van der Waals surface area contributed by atoms with Crippen LogP contribution in [0.3, 0.4) is 0 Å². The Hall–Kier alpha value is -1.60. The third-order valence-electron chi connectivity index (χ3n) is 4.25. The highest BCUT2D eigenvalue weighted by Crippen LogP contribution is 2.35. The molecule has 2 aromatic rings. The molecule has 0 radical (unpaired) electrons. The molecule has 0 saturated heterocycles. The fourth-order valence-electron chi connectivity index (χ4n) is 3.29. The molecule has 2 atom stereocenters. The topological polar surface area (TPSA) is 26.0 Å². The molecular formula is C18H21N. The molecule has 3 rings (SSSR count). The summed E-state index contributed by atoms with van der Waals surface area (Å²) >= 11 is 0. The Morgan fingerprint density at radius 3 is 2.84 bits per heavy atom. The molecule has 0 aromatic heterocycles. The van der Waals surface area contributed by atoms with Gasteiger partial charge in [-0.05, 0) is 48.8 Å². The van der Waals surface area contributed by atoms with Crippen molar-refractivity contribution >= 4 is 0 Å². The highest BCUT2D eigenvalue weighted by Gasteiger charge is 2.27. The van der Waals surface area contributed by atoms with E-state index >= 15 is 0 Å². The SMILES string of the molecule is Cc1cccc(CC(N)C2CCc3ccccc32)c1. The summed E-state index contributed by atoms with van der Waals surface area (Å²) in [5, 5.41) is 0. The van der Waals surface area contributed by atoms with Crippen molar-refractivity contribution in [3.63, 3.8) is 0 Å². The summed E-state index contributed by atoms with van der Waals surface area (Å²) < 4.78 is 0. The fourth-order valence-corrected chi connectivity index (χ4v) is 3.29. The van der Waals surface area contributed by atoms with Gasteiger partial charge in [0, 0.05) is 6.04 Å². The van der Waals surface area contributed by atoms with Gasteiger partial charge in [-0.2, -0.15) is 0 Å². The summed E-state index contributed by atoms with van der Waals surface area (Å²) in [5.74, 6) is 0.525. The number of rotatable bonds is 3. The molecule has 0 spiro atoms. The summed E-state index contributed by atoms with van der Waals surface area (Å²) in [6.07, 6.45) is 3.36. The van der Waals surface area contributed by atoms with Gasteiger partial charge in [0.25, 0.3) is 0 Å². The summed E-state index contributed by atoms with van der Waals surface area (Å²) in [6, 6.07) is 17.7. The molecule has 0 fully saturated rings. The molecule has 1 aliphatic carbocycles. The van der Waals surface area contributed by atoms with Gasteiger partial charge in [-0.3, -0.25) is 0 Å². The number of aryl methyl sites for hydroxylation is 2. The first-order chi connectivity index (χ1) is 9.24. The lowest BCUT2D eigenvalue weighted by atomic mass is 9.89. The van der Waals surface area contributed by atoms with E-state index in [1.807, 2.05) is 0 Å². The normalized spacial score (nSPS) is 19.2. The molecule has 2 N–H and O–H groups in total. The van der Waals surface area contributed by atoms with Crippen molar-refractivity contribution in [1.29, 1.82) is 0 Å². The Labute approximate surface area is 115 Å². The number of hydrogen-bond acceptors (Lipinski definition) is 1. The minimum Gasteiger partial charge on any atom is -0.327 e. The third kappa shape index (κ3) is 2.57. The zero-order valence-corrected chi connectivity index (χ0v) is 11.5. The lowest BCUT2D eigenvalue weighted by molar-refractivity contribution is 0.525. The van der Waals surface area contributed by atoms with Gasteiger partial charge in [-0.15, -0.1) is 0 Å². The molecule has 1 heteroatoms. The maximum Gasteiger partial charge on any atom is 0.0149 e. The number of nitrogens with two attached hydrogens (primary N) is 1. The van der Waals surface area contributed by atoms with Crippen LogP contribution in [-0.2, 0) is 12.8 Å². The molecule has 0 heterocycles. The van der Waals surface area contributed by atoms with Crippen molar-refractivity contribution in [3.05, 3.63) is 70.8 Å². The van der Waals surface area contributed by atoms with Crippen molar-refractivity contribution in [3.8, 4) is 0 Å². The molecule has 0 bridgehead atoms. The molecule has 0 saturated carbocycles. The van der Waals surface area contributed by atoms with Gasteiger partial charge in [-0.1, -0.05) is 54.1 Å². The zero-order valence-electron chi connectivity index (χ0n) is 11.5. The lowest BCUT2D eigenvalue weighted by Crippen LogP contribution is -2.29. The minimum atomic E-state index is 0.227. The van der Waals surface area contributed by atoms with Crippen molar-refractivity contribution in [1.82, 2.24) is 0 Å². The van der Waals surface area contributed by atoms with Gasteiger partial charge in [-0.25, -0.2) is 0 Å². The van der Waals surface area contributed by atoms with Crippen molar-refractivity contribution in [2.24, 2.45) is 5.73 Å². The summed E-state index contributed by atoms with van der Waals surface area (Å²) in [6.45, 7) is 2.14. The van der Waals surface area contributed by atoms with Gasteiger partial charge in [0.2, 0.25) is 0 Å². The predicted octanol–water partition coefficient (Wildman–Crippen LogP) is 3.59. The maximum atomic E-state index is 6.48. The Balaban J connectivity index is 1.77. The molecule has 1 aliphatic rings. The van der Waals surface area contributed by atoms with Crippen molar-refractivity contribution < 1.29 is 0 Å². The number of fused-ring (bicyclic) bond motifs is 1. The van der Waals surface area contributed by atoms with Crippen LogP contribution < -0.4 is 5.73 Å². The second-order valence-corrected chi connectivity index (χ2v) is 5.70. The second kappa shape index (κ2) is 5.18. The summed E-state index contributed by atoms with van der Waals surface area (Å²) in [7, 11) is 0. The average molecular weight is 251 g/mol. The quantitative estimate of drug-likeness (QED) is 0.886. The van der Waals surface area contributed by atoms with Gasteiger partial charge in [0.05, 0.1) is 0 Å². The van der Waals surface area contributed by atoms with Crippen LogP contribution in [0, 0.1) is 6.92 Å². The van der Waals surface area contributed by atoms with Crippen LogP contribution in [0.1, 0.15) is 34.6 Å². The Kier molecular flexibility index (Phi) is 3.39. The van der Waals surface area contributed by atoms with Crippen molar-refractivity contribution in [2.45, 2.75) is 38.1 Å². The van der Waals surface area contributed by atoms with Crippen LogP contribution in [0.5, 0.6) is 0 Å². The average Bonchev–Trinajstić information content (AvgIpc) is 2.82. The van der Waals surface area contributed by atoms with Crippen LogP contribution in [0.2, 0.25) is 0 Å². The van der Waals surface area contributed by atoms with Crippen LogP contribution in [0.25, 0.3) is 0 Å². The molecule has 0 aliphatic heterocycles.